The first kappa shape index (κ1) is 12.9. The fourth-order valence-corrected chi connectivity index (χ4v) is 2.39. The molecule has 5 heteroatoms. The molecule has 20 heavy (non-hydrogen) atoms. The Morgan fingerprint density at radius 1 is 1.40 bits per heavy atom. The van der Waals surface area contributed by atoms with Gasteiger partial charge in [0, 0.05) is 11.4 Å². The van der Waals surface area contributed by atoms with E-state index in [1.54, 1.807) is 6.07 Å². The van der Waals surface area contributed by atoms with Gasteiger partial charge in [-0.05, 0) is 24.0 Å². The second kappa shape index (κ2) is 4.45. The number of aromatic nitrogens is 1. The minimum absolute atomic E-state index is 0.0734. The van der Waals surface area contributed by atoms with E-state index in [0.717, 1.165) is 17.3 Å². The molecule has 0 bridgehead atoms. The molecule has 5 nitrogen and oxygen atoms in total. The van der Waals surface area contributed by atoms with Gasteiger partial charge in [-0.3, -0.25) is 4.79 Å². The van der Waals surface area contributed by atoms with E-state index in [2.05, 4.69) is 29.6 Å². The van der Waals surface area contributed by atoms with Crippen molar-refractivity contribution in [1.29, 1.82) is 0 Å². The molecule has 104 valence electrons. The number of carbonyl (C=O) groups is 1. The Labute approximate surface area is 117 Å². The molecular weight excluding hydrogens is 252 g/mol. The van der Waals surface area contributed by atoms with Gasteiger partial charge >= 0.3 is 0 Å². The van der Waals surface area contributed by atoms with Crippen molar-refractivity contribution in [2.45, 2.75) is 26.3 Å². The first-order valence-corrected chi connectivity index (χ1v) is 6.68. The zero-order valence-corrected chi connectivity index (χ0v) is 11.6. The zero-order chi connectivity index (χ0) is 14.3. The normalized spacial score (nSPS) is 19.6. The lowest BCUT2D eigenvalue weighted by atomic mass is 10.1. The fraction of sp³-hybridized carbons (Fsp3) is 0.333. The van der Waals surface area contributed by atoms with Crippen molar-refractivity contribution in [3.63, 3.8) is 0 Å². The lowest BCUT2D eigenvalue weighted by molar-refractivity contribution is 0.0948. The number of hydrogen-bond donors (Lipinski definition) is 3. The minimum Gasteiger partial charge on any atom is -0.349 e. The van der Waals surface area contributed by atoms with Crippen LogP contribution in [-0.4, -0.2) is 16.9 Å². The molecule has 1 fully saturated rings. The number of amides is 1. The molecule has 1 saturated carbocycles. The predicted molar refractivity (Wildman–Crippen MR) is 79.2 cm³/mol. The summed E-state index contributed by atoms with van der Waals surface area (Å²) >= 11 is 0. The van der Waals surface area contributed by atoms with Crippen molar-refractivity contribution in [3.8, 4) is 0 Å². The molecule has 0 radical (unpaired) electrons. The molecule has 4 N–H and O–H groups in total. The summed E-state index contributed by atoms with van der Waals surface area (Å²) in [5.41, 5.74) is 4.07. The summed E-state index contributed by atoms with van der Waals surface area (Å²) in [6.07, 6.45) is 1.02. The van der Waals surface area contributed by atoms with Crippen molar-refractivity contribution in [3.05, 3.63) is 35.9 Å². The van der Waals surface area contributed by atoms with Gasteiger partial charge in [0.15, 0.2) is 0 Å². The van der Waals surface area contributed by atoms with Crippen LogP contribution in [0.4, 0.5) is 5.82 Å². The molecule has 0 aliphatic heterocycles. The Balaban J connectivity index is 1.99. The summed E-state index contributed by atoms with van der Waals surface area (Å²) < 4.78 is 0. The number of nitrogen functional groups attached to an aromatic ring is 1. The van der Waals surface area contributed by atoms with E-state index >= 15 is 0 Å². The highest BCUT2D eigenvalue weighted by molar-refractivity contribution is 6.07. The van der Waals surface area contributed by atoms with Crippen LogP contribution < -0.4 is 16.6 Å². The van der Waals surface area contributed by atoms with E-state index in [1.807, 2.05) is 24.3 Å². The van der Waals surface area contributed by atoms with E-state index in [4.69, 9.17) is 5.84 Å². The summed E-state index contributed by atoms with van der Waals surface area (Å²) in [5.74, 6) is 5.84. The Kier molecular flexibility index (Phi) is 2.87. The van der Waals surface area contributed by atoms with Crippen molar-refractivity contribution < 1.29 is 4.79 Å². The van der Waals surface area contributed by atoms with Gasteiger partial charge in [0.25, 0.3) is 5.91 Å². The maximum absolute atomic E-state index is 12.5. The standard InChI is InChI=1S/C15H18N4O/c1-15(2)8-12(15)18-14(20)10-7-13(19-16)17-11-6-4-3-5-9(10)11/h3-7,12H,8,16H2,1-2H3,(H,17,19)(H,18,20). The highest BCUT2D eigenvalue weighted by Crippen LogP contribution is 2.44. The van der Waals surface area contributed by atoms with E-state index in [1.165, 1.54) is 0 Å². The maximum atomic E-state index is 12.5. The number of para-hydroxylation sites is 1. The van der Waals surface area contributed by atoms with Crippen LogP contribution in [0.3, 0.4) is 0 Å². The van der Waals surface area contributed by atoms with Gasteiger partial charge in [-0.1, -0.05) is 32.0 Å². The number of anilines is 1. The number of fused-ring (bicyclic) bond motifs is 1. The number of nitrogens with zero attached hydrogens (tertiary/aromatic N) is 1. The van der Waals surface area contributed by atoms with Gasteiger partial charge in [0.2, 0.25) is 0 Å². The van der Waals surface area contributed by atoms with Crippen LogP contribution in [0.25, 0.3) is 10.9 Å². The van der Waals surface area contributed by atoms with Crippen LogP contribution in [0.5, 0.6) is 0 Å². The van der Waals surface area contributed by atoms with Crippen LogP contribution in [0, 0.1) is 5.41 Å². The molecule has 2 aromatic rings. The molecule has 1 unspecified atom stereocenters. The first-order valence-electron chi connectivity index (χ1n) is 6.68. The SMILES string of the molecule is CC1(C)CC1NC(=O)c1cc(NN)nc2ccccc12. The van der Waals surface area contributed by atoms with Gasteiger partial charge in [-0.25, -0.2) is 10.8 Å². The van der Waals surface area contributed by atoms with Crippen molar-refractivity contribution in [1.82, 2.24) is 10.3 Å². The van der Waals surface area contributed by atoms with Crippen molar-refractivity contribution in [2.24, 2.45) is 11.3 Å². The molecule has 1 aromatic heterocycles. The first-order chi connectivity index (χ1) is 9.51. The Bertz CT molecular complexity index is 681. The predicted octanol–water partition coefficient (Wildman–Crippen LogP) is 2.05. The molecule has 1 heterocycles. The quantitative estimate of drug-likeness (QED) is 0.589. The Morgan fingerprint density at radius 3 is 2.75 bits per heavy atom. The summed E-state index contributed by atoms with van der Waals surface area (Å²) in [6.45, 7) is 4.30. The van der Waals surface area contributed by atoms with Crippen LogP contribution in [-0.2, 0) is 0 Å². The largest absolute Gasteiger partial charge is 0.349 e. The maximum Gasteiger partial charge on any atom is 0.252 e. The second-order valence-corrected chi connectivity index (χ2v) is 5.94. The van der Waals surface area contributed by atoms with Gasteiger partial charge in [-0.2, -0.15) is 0 Å². The van der Waals surface area contributed by atoms with Crippen LogP contribution >= 0.6 is 0 Å². The van der Waals surface area contributed by atoms with Gasteiger partial charge in [0.05, 0.1) is 11.1 Å². The number of hydrazine groups is 1. The van der Waals surface area contributed by atoms with Crippen molar-refractivity contribution in [2.75, 3.05) is 5.43 Å². The molecule has 3 rings (SSSR count). The number of carbonyl (C=O) groups excluding carboxylic acids is 1. The Hall–Kier alpha value is -2.14. The summed E-state index contributed by atoms with van der Waals surface area (Å²) in [4.78, 5) is 16.8. The number of nitrogens with one attached hydrogen (secondary N) is 2. The second-order valence-electron chi connectivity index (χ2n) is 5.94. The minimum atomic E-state index is -0.0734. The fourth-order valence-electron chi connectivity index (χ4n) is 2.39. The average Bonchev–Trinajstić information content (AvgIpc) is 3.04. The van der Waals surface area contributed by atoms with Gasteiger partial charge < -0.3 is 10.7 Å². The number of pyridine rings is 1. The monoisotopic (exact) mass is 270 g/mol. The van der Waals surface area contributed by atoms with Crippen LogP contribution in [0.2, 0.25) is 0 Å². The molecular formula is C15H18N4O. The Morgan fingerprint density at radius 2 is 2.10 bits per heavy atom. The molecule has 1 atom stereocenters. The van der Waals surface area contributed by atoms with Crippen LogP contribution in [0.15, 0.2) is 30.3 Å². The molecule has 0 spiro atoms. The van der Waals surface area contributed by atoms with Crippen LogP contribution in [0.1, 0.15) is 30.6 Å². The molecule has 1 aliphatic rings. The average molecular weight is 270 g/mol. The highest BCUT2D eigenvalue weighted by Gasteiger charge is 2.46. The summed E-state index contributed by atoms with van der Waals surface area (Å²) in [7, 11) is 0. The summed E-state index contributed by atoms with van der Waals surface area (Å²) in [5, 5.41) is 3.90. The molecule has 1 aromatic carbocycles. The third-order valence-electron chi connectivity index (χ3n) is 3.93. The molecule has 0 saturated heterocycles. The van der Waals surface area contributed by atoms with Crippen molar-refractivity contribution >= 4 is 22.6 Å². The van der Waals surface area contributed by atoms with Gasteiger partial charge in [-0.15, -0.1) is 0 Å². The number of rotatable bonds is 3. The lowest BCUT2D eigenvalue weighted by Crippen LogP contribution is -2.28. The zero-order valence-electron chi connectivity index (χ0n) is 11.6. The molecule has 1 aliphatic carbocycles. The number of benzene rings is 1. The third kappa shape index (κ3) is 2.20. The number of nitrogens with two attached hydrogens (primary N) is 1. The smallest absolute Gasteiger partial charge is 0.252 e. The topological polar surface area (TPSA) is 80.0 Å². The molecule has 1 amide bonds. The van der Waals surface area contributed by atoms with E-state index in [9.17, 15) is 4.79 Å². The van der Waals surface area contributed by atoms with E-state index in [-0.39, 0.29) is 17.4 Å². The third-order valence-corrected chi connectivity index (χ3v) is 3.93. The van der Waals surface area contributed by atoms with Gasteiger partial charge in [0.1, 0.15) is 5.82 Å². The lowest BCUT2D eigenvalue weighted by Gasteiger charge is -2.11. The highest BCUT2D eigenvalue weighted by atomic mass is 16.1. The summed E-state index contributed by atoms with van der Waals surface area (Å²) in [6, 6.07) is 9.49. The van der Waals surface area contributed by atoms with E-state index in [0.29, 0.717) is 11.4 Å². The van der Waals surface area contributed by atoms with E-state index < -0.39 is 0 Å². The number of hydrogen-bond acceptors (Lipinski definition) is 4.